The number of aryl methyl sites for hydroxylation is 1. The molecule has 34 heavy (non-hydrogen) atoms. The standard InChI is InChI=1S/C25H27N3O4S2/c1-20-9-11-21(12-10-20)28(34(31,32)22-6-3-2-4-7-22)14-13-24(29)26-15-17-27(18-16-26)25(30)23-8-5-19-33-23/h2-12,19H,13-18H2,1H3. The summed E-state index contributed by atoms with van der Waals surface area (Å²) in [6.07, 6.45) is 0.0544. The van der Waals surface area contributed by atoms with Crippen molar-refractivity contribution >= 4 is 38.9 Å². The average molecular weight is 498 g/mol. The number of anilines is 1. The molecule has 0 N–H and O–H groups in total. The van der Waals surface area contributed by atoms with Crippen LogP contribution in [0.4, 0.5) is 5.69 Å². The van der Waals surface area contributed by atoms with Gasteiger partial charge in [0.1, 0.15) is 0 Å². The Morgan fingerprint density at radius 1 is 0.882 bits per heavy atom. The molecule has 2 amide bonds. The van der Waals surface area contributed by atoms with Crippen molar-refractivity contribution in [3.63, 3.8) is 0 Å². The van der Waals surface area contributed by atoms with E-state index in [-0.39, 0.29) is 29.7 Å². The summed E-state index contributed by atoms with van der Waals surface area (Å²) in [5.41, 5.74) is 1.54. The summed E-state index contributed by atoms with van der Waals surface area (Å²) in [6, 6.07) is 19.1. The van der Waals surface area contributed by atoms with Crippen molar-refractivity contribution in [1.82, 2.24) is 9.80 Å². The van der Waals surface area contributed by atoms with E-state index in [9.17, 15) is 18.0 Å². The van der Waals surface area contributed by atoms with Gasteiger partial charge in [-0.1, -0.05) is 42.0 Å². The molecule has 2 aromatic carbocycles. The molecule has 0 bridgehead atoms. The second kappa shape index (κ2) is 10.4. The van der Waals surface area contributed by atoms with E-state index in [4.69, 9.17) is 0 Å². The van der Waals surface area contributed by atoms with E-state index in [0.29, 0.717) is 36.7 Å². The van der Waals surface area contributed by atoms with Crippen LogP contribution < -0.4 is 4.31 Å². The van der Waals surface area contributed by atoms with Gasteiger partial charge >= 0.3 is 0 Å². The van der Waals surface area contributed by atoms with Crippen molar-refractivity contribution in [3.05, 3.63) is 82.6 Å². The molecule has 178 valence electrons. The first kappa shape index (κ1) is 24.0. The number of hydrogen-bond donors (Lipinski definition) is 0. The van der Waals surface area contributed by atoms with Gasteiger partial charge in [-0.25, -0.2) is 8.42 Å². The Bertz CT molecular complexity index is 1220. The maximum absolute atomic E-state index is 13.4. The van der Waals surface area contributed by atoms with E-state index in [1.807, 2.05) is 30.5 Å². The summed E-state index contributed by atoms with van der Waals surface area (Å²) in [5.74, 6) is -0.134. The van der Waals surface area contributed by atoms with Crippen LogP contribution in [-0.2, 0) is 14.8 Å². The molecule has 1 aliphatic rings. The van der Waals surface area contributed by atoms with Crippen LogP contribution in [0.15, 0.2) is 77.0 Å². The zero-order valence-corrected chi connectivity index (χ0v) is 20.6. The molecule has 1 saturated heterocycles. The first-order valence-electron chi connectivity index (χ1n) is 11.1. The van der Waals surface area contributed by atoms with E-state index < -0.39 is 10.0 Å². The molecule has 0 spiro atoms. The fraction of sp³-hybridized carbons (Fsp3) is 0.280. The third-order valence-electron chi connectivity index (χ3n) is 5.83. The highest BCUT2D eigenvalue weighted by molar-refractivity contribution is 7.92. The number of carbonyl (C=O) groups excluding carboxylic acids is 2. The predicted octanol–water partition coefficient (Wildman–Crippen LogP) is 3.63. The van der Waals surface area contributed by atoms with Gasteiger partial charge < -0.3 is 9.80 Å². The van der Waals surface area contributed by atoms with Gasteiger partial charge in [-0.15, -0.1) is 11.3 Å². The topological polar surface area (TPSA) is 78.0 Å². The second-order valence-electron chi connectivity index (χ2n) is 8.13. The minimum absolute atomic E-state index is 0.0124. The molecule has 7 nitrogen and oxygen atoms in total. The third-order valence-corrected chi connectivity index (χ3v) is 8.53. The van der Waals surface area contributed by atoms with Gasteiger partial charge in [0.05, 0.1) is 15.5 Å². The van der Waals surface area contributed by atoms with Crippen LogP contribution in [0.25, 0.3) is 0 Å². The average Bonchev–Trinajstić information content (AvgIpc) is 3.40. The molecule has 0 radical (unpaired) electrons. The van der Waals surface area contributed by atoms with Gasteiger partial charge in [0.25, 0.3) is 15.9 Å². The third kappa shape index (κ3) is 5.31. The molecule has 3 aromatic rings. The highest BCUT2D eigenvalue weighted by Crippen LogP contribution is 2.25. The predicted molar refractivity (Wildman–Crippen MR) is 134 cm³/mol. The molecule has 0 saturated carbocycles. The molecule has 2 heterocycles. The van der Waals surface area contributed by atoms with Crippen LogP contribution >= 0.6 is 11.3 Å². The summed E-state index contributed by atoms with van der Waals surface area (Å²) in [6.45, 7) is 3.77. The summed E-state index contributed by atoms with van der Waals surface area (Å²) < 4.78 is 28.1. The van der Waals surface area contributed by atoms with Gasteiger partial charge in [-0.05, 0) is 42.6 Å². The smallest absolute Gasteiger partial charge is 0.264 e. The number of hydrogen-bond acceptors (Lipinski definition) is 5. The van der Waals surface area contributed by atoms with Crippen molar-refractivity contribution < 1.29 is 18.0 Å². The number of piperazine rings is 1. The quantitative estimate of drug-likeness (QED) is 0.500. The fourth-order valence-electron chi connectivity index (χ4n) is 3.89. The Labute approximate surface area is 204 Å². The number of rotatable bonds is 7. The summed E-state index contributed by atoms with van der Waals surface area (Å²) >= 11 is 1.41. The van der Waals surface area contributed by atoms with Crippen molar-refractivity contribution in [3.8, 4) is 0 Å². The van der Waals surface area contributed by atoms with Gasteiger partial charge in [0.15, 0.2) is 0 Å². The Hall–Kier alpha value is -3.17. The molecular weight excluding hydrogens is 470 g/mol. The minimum Gasteiger partial charge on any atom is -0.339 e. The molecule has 0 atom stereocenters. The van der Waals surface area contributed by atoms with E-state index in [1.165, 1.54) is 15.6 Å². The van der Waals surface area contributed by atoms with Gasteiger partial charge in [-0.2, -0.15) is 0 Å². The number of amides is 2. The Kier molecular flexibility index (Phi) is 7.33. The lowest BCUT2D eigenvalue weighted by Crippen LogP contribution is -2.51. The lowest BCUT2D eigenvalue weighted by molar-refractivity contribution is -0.132. The Morgan fingerprint density at radius 3 is 2.15 bits per heavy atom. The van der Waals surface area contributed by atoms with E-state index in [1.54, 1.807) is 58.3 Å². The van der Waals surface area contributed by atoms with Gasteiger partial charge in [0, 0.05) is 39.1 Å². The van der Waals surface area contributed by atoms with Gasteiger partial charge in [-0.3, -0.25) is 13.9 Å². The Morgan fingerprint density at radius 2 is 1.53 bits per heavy atom. The maximum Gasteiger partial charge on any atom is 0.264 e. The highest BCUT2D eigenvalue weighted by Gasteiger charge is 2.28. The largest absolute Gasteiger partial charge is 0.339 e. The normalized spacial score (nSPS) is 14.1. The lowest BCUT2D eigenvalue weighted by atomic mass is 10.2. The zero-order chi connectivity index (χ0) is 24.1. The number of nitrogens with zero attached hydrogens (tertiary/aromatic N) is 3. The summed E-state index contributed by atoms with van der Waals surface area (Å²) in [7, 11) is -3.83. The lowest BCUT2D eigenvalue weighted by Gasteiger charge is -2.35. The van der Waals surface area contributed by atoms with Crippen LogP contribution in [-0.4, -0.2) is 62.8 Å². The minimum atomic E-state index is -3.83. The number of carbonyl (C=O) groups is 2. The second-order valence-corrected chi connectivity index (χ2v) is 10.9. The number of sulfonamides is 1. The molecule has 4 rings (SSSR count). The van der Waals surface area contributed by atoms with E-state index in [2.05, 4.69) is 0 Å². The Balaban J connectivity index is 1.43. The number of benzene rings is 2. The van der Waals surface area contributed by atoms with Crippen LogP contribution in [0.1, 0.15) is 21.7 Å². The fourth-order valence-corrected chi connectivity index (χ4v) is 6.07. The van der Waals surface area contributed by atoms with Crippen LogP contribution in [0.5, 0.6) is 0 Å². The summed E-state index contributed by atoms with van der Waals surface area (Å²) in [4.78, 5) is 29.8. The first-order valence-corrected chi connectivity index (χ1v) is 13.4. The monoisotopic (exact) mass is 497 g/mol. The molecular formula is C25H27N3O4S2. The SMILES string of the molecule is Cc1ccc(N(CCC(=O)N2CCN(C(=O)c3cccs3)CC2)S(=O)(=O)c2ccccc2)cc1. The molecule has 1 aromatic heterocycles. The van der Waals surface area contributed by atoms with Crippen LogP contribution in [0, 0.1) is 6.92 Å². The van der Waals surface area contributed by atoms with Crippen molar-refractivity contribution in [1.29, 1.82) is 0 Å². The molecule has 0 unspecified atom stereocenters. The van der Waals surface area contributed by atoms with Crippen LogP contribution in [0.2, 0.25) is 0 Å². The molecule has 1 fully saturated rings. The zero-order valence-electron chi connectivity index (χ0n) is 19.0. The summed E-state index contributed by atoms with van der Waals surface area (Å²) in [5, 5.41) is 1.87. The van der Waals surface area contributed by atoms with Crippen LogP contribution in [0.3, 0.4) is 0 Å². The molecule has 1 aliphatic heterocycles. The van der Waals surface area contributed by atoms with Crippen molar-refractivity contribution in [2.75, 3.05) is 37.0 Å². The van der Waals surface area contributed by atoms with E-state index in [0.717, 1.165) is 5.56 Å². The van der Waals surface area contributed by atoms with Gasteiger partial charge in [0.2, 0.25) is 5.91 Å². The van der Waals surface area contributed by atoms with Crippen molar-refractivity contribution in [2.24, 2.45) is 0 Å². The van der Waals surface area contributed by atoms with E-state index >= 15 is 0 Å². The highest BCUT2D eigenvalue weighted by atomic mass is 32.2. The molecule has 0 aliphatic carbocycles. The maximum atomic E-state index is 13.4. The van der Waals surface area contributed by atoms with Crippen molar-refractivity contribution in [2.45, 2.75) is 18.2 Å². The number of thiophene rings is 1. The first-order chi connectivity index (χ1) is 16.4. The molecule has 9 heteroatoms.